The molecule has 0 fully saturated rings. The SMILES string of the molecule is Cn1c(CNC(=O)c2cccc([N+](=O)[O-])c2)nnc1SCC(=O)NCCc1ccccc1. The van der Waals surface area contributed by atoms with Gasteiger partial charge in [-0.2, -0.15) is 0 Å². The molecule has 0 aliphatic heterocycles. The summed E-state index contributed by atoms with van der Waals surface area (Å²) >= 11 is 1.25. The first-order chi connectivity index (χ1) is 15.4. The highest BCUT2D eigenvalue weighted by atomic mass is 32.2. The molecule has 11 heteroatoms. The Morgan fingerprint density at radius 1 is 1.09 bits per heavy atom. The molecule has 3 rings (SSSR count). The fourth-order valence-electron chi connectivity index (χ4n) is 2.82. The van der Waals surface area contributed by atoms with Crippen LogP contribution in [0, 0.1) is 10.1 Å². The Morgan fingerprint density at radius 3 is 2.62 bits per heavy atom. The molecule has 2 aromatic carbocycles. The zero-order chi connectivity index (χ0) is 22.9. The van der Waals surface area contributed by atoms with Crippen LogP contribution in [0.3, 0.4) is 0 Å². The van der Waals surface area contributed by atoms with Crippen molar-refractivity contribution in [2.75, 3.05) is 12.3 Å². The number of hydrogen-bond acceptors (Lipinski definition) is 7. The number of carbonyl (C=O) groups excluding carboxylic acids is 2. The molecule has 10 nitrogen and oxygen atoms in total. The lowest BCUT2D eigenvalue weighted by Crippen LogP contribution is -2.27. The van der Waals surface area contributed by atoms with Crippen molar-refractivity contribution in [1.29, 1.82) is 0 Å². The van der Waals surface area contributed by atoms with Crippen molar-refractivity contribution < 1.29 is 14.5 Å². The van der Waals surface area contributed by atoms with Crippen molar-refractivity contribution in [3.63, 3.8) is 0 Å². The number of nitro benzene ring substituents is 1. The van der Waals surface area contributed by atoms with Crippen LogP contribution in [0.5, 0.6) is 0 Å². The highest BCUT2D eigenvalue weighted by Crippen LogP contribution is 2.16. The molecule has 3 aromatic rings. The van der Waals surface area contributed by atoms with Gasteiger partial charge in [-0.25, -0.2) is 0 Å². The van der Waals surface area contributed by atoms with Gasteiger partial charge in [-0.05, 0) is 18.1 Å². The van der Waals surface area contributed by atoms with E-state index in [1.54, 1.807) is 11.6 Å². The molecule has 0 aliphatic rings. The largest absolute Gasteiger partial charge is 0.355 e. The monoisotopic (exact) mass is 454 g/mol. The molecular formula is C21H22N6O4S. The lowest BCUT2D eigenvalue weighted by molar-refractivity contribution is -0.384. The average Bonchev–Trinajstić information content (AvgIpc) is 3.16. The van der Waals surface area contributed by atoms with Crippen LogP contribution in [0.2, 0.25) is 0 Å². The quantitative estimate of drug-likeness (QED) is 0.272. The molecule has 0 aliphatic carbocycles. The van der Waals surface area contributed by atoms with Crippen molar-refractivity contribution in [2.24, 2.45) is 7.05 Å². The Kier molecular flexibility index (Phi) is 7.92. The number of nitrogens with one attached hydrogen (secondary N) is 2. The van der Waals surface area contributed by atoms with E-state index in [2.05, 4.69) is 20.8 Å². The second-order valence-corrected chi connectivity index (χ2v) is 7.76. The minimum atomic E-state index is -0.555. The summed E-state index contributed by atoms with van der Waals surface area (Å²) in [6.45, 7) is 0.645. The van der Waals surface area contributed by atoms with Gasteiger partial charge in [0.1, 0.15) is 0 Å². The number of nitro groups is 1. The van der Waals surface area contributed by atoms with E-state index >= 15 is 0 Å². The normalized spacial score (nSPS) is 10.5. The number of nitrogens with zero attached hydrogens (tertiary/aromatic N) is 4. The molecule has 1 heterocycles. The Morgan fingerprint density at radius 2 is 1.88 bits per heavy atom. The summed E-state index contributed by atoms with van der Waals surface area (Å²) in [5.41, 5.74) is 1.19. The molecular weight excluding hydrogens is 432 g/mol. The number of carbonyl (C=O) groups is 2. The van der Waals surface area contributed by atoms with Gasteiger partial charge in [0.2, 0.25) is 5.91 Å². The zero-order valence-electron chi connectivity index (χ0n) is 17.4. The molecule has 2 N–H and O–H groups in total. The first kappa shape index (κ1) is 22.9. The minimum Gasteiger partial charge on any atom is -0.355 e. The topological polar surface area (TPSA) is 132 Å². The van der Waals surface area contributed by atoms with Gasteiger partial charge in [0.05, 0.1) is 17.2 Å². The predicted octanol–water partition coefficient (Wildman–Crippen LogP) is 2.10. The first-order valence-electron chi connectivity index (χ1n) is 9.78. The second-order valence-electron chi connectivity index (χ2n) is 6.82. The van der Waals surface area contributed by atoms with E-state index in [4.69, 9.17) is 0 Å². The Labute approximate surface area is 188 Å². The molecule has 32 heavy (non-hydrogen) atoms. The van der Waals surface area contributed by atoms with Crippen LogP contribution in [0.4, 0.5) is 5.69 Å². The van der Waals surface area contributed by atoms with Gasteiger partial charge in [-0.15, -0.1) is 10.2 Å². The summed E-state index contributed by atoms with van der Waals surface area (Å²) in [6.07, 6.45) is 0.760. The Hall–Kier alpha value is -3.73. The van der Waals surface area contributed by atoms with Crippen molar-refractivity contribution >= 4 is 29.3 Å². The molecule has 0 bridgehead atoms. The summed E-state index contributed by atoms with van der Waals surface area (Å²) in [4.78, 5) is 34.7. The number of amides is 2. The van der Waals surface area contributed by atoms with Gasteiger partial charge in [0.15, 0.2) is 11.0 Å². The summed E-state index contributed by atoms with van der Waals surface area (Å²) in [6, 6.07) is 15.4. The Balaban J connectivity index is 1.45. The van der Waals surface area contributed by atoms with Crippen LogP contribution < -0.4 is 10.6 Å². The molecule has 0 unspecified atom stereocenters. The molecule has 0 radical (unpaired) electrons. The van der Waals surface area contributed by atoms with E-state index in [0.29, 0.717) is 17.5 Å². The van der Waals surface area contributed by atoms with E-state index in [0.717, 1.165) is 12.0 Å². The highest BCUT2D eigenvalue weighted by Gasteiger charge is 2.14. The summed E-state index contributed by atoms with van der Waals surface area (Å²) < 4.78 is 1.69. The number of rotatable bonds is 10. The zero-order valence-corrected chi connectivity index (χ0v) is 18.2. The fraction of sp³-hybridized carbons (Fsp3) is 0.238. The summed E-state index contributed by atoms with van der Waals surface area (Å²) in [7, 11) is 1.74. The van der Waals surface area contributed by atoms with Crippen LogP contribution in [0.1, 0.15) is 21.7 Å². The van der Waals surface area contributed by atoms with Gasteiger partial charge in [-0.3, -0.25) is 19.7 Å². The third-order valence-corrected chi connectivity index (χ3v) is 5.58. The summed E-state index contributed by atoms with van der Waals surface area (Å²) in [5, 5.41) is 25.1. The van der Waals surface area contributed by atoms with E-state index < -0.39 is 10.8 Å². The lowest BCUT2D eigenvalue weighted by Gasteiger charge is -2.07. The van der Waals surface area contributed by atoms with Crippen molar-refractivity contribution in [1.82, 2.24) is 25.4 Å². The van der Waals surface area contributed by atoms with E-state index in [-0.39, 0.29) is 29.5 Å². The maximum absolute atomic E-state index is 12.3. The van der Waals surface area contributed by atoms with Crippen LogP contribution in [-0.2, 0) is 24.8 Å². The molecule has 0 saturated heterocycles. The fourth-order valence-corrected chi connectivity index (χ4v) is 3.58. The third kappa shape index (κ3) is 6.38. The van der Waals surface area contributed by atoms with E-state index in [1.807, 2.05) is 30.3 Å². The number of hydrogen-bond donors (Lipinski definition) is 2. The maximum Gasteiger partial charge on any atom is 0.270 e. The van der Waals surface area contributed by atoms with Gasteiger partial charge in [0, 0.05) is 31.3 Å². The lowest BCUT2D eigenvalue weighted by atomic mass is 10.1. The molecule has 0 spiro atoms. The molecule has 2 amide bonds. The predicted molar refractivity (Wildman–Crippen MR) is 119 cm³/mol. The van der Waals surface area contributed by atoms with Gasteiger partial charge < -0.3 is 15.2 Å². The Bertz CT molecular complexity index is 1100. The molecule has 0 atom stereocenters. The van der Waals surface area contributed by atoms with Crippen LogP contribution in [0.15, 0.2) is 59.8 Å². The third-order valence-electron chi connectivity index (χ3n) is 4.56. The van der Waals surface area contributed by atoms with Crippen LogP contribution in [-0.4, -0.2) is 43.8 Å². The number of aromatic nitrogens is 3. The van der Waals surface area contributed by atoms with E-state index in [9.17, 15) is 19.7 Å². The van der Waals surface area contributed by atoms with E-state index in [1.165, 1.54) is 36.0 Å². The number of non-ortho nitro benzene ring substituents is 1. The number of thioether (sulfide) groups is 1. The van der Waals surface area contributed by atoms with Crippen molar-refractivity contribution in [3.05, 3.63) is 81.7 Å². The minimum absolute atomic E-state index is 0.0921. The average molecular weight is 455 g/mol. The number of benzene rings is 2. The summed E-state index contributed by atoms with van der Waals surface area (Å²) in [5.74, 6) is 0.134. The second kappa shape index (κ2) is 11.0. The molecule has 1 aromatic heterocycles. The van der Waals surface area contributed by atoms with Gasteiger partial charge >= 0.3 is 0 Å². The highest BCUT2D eigenvalue weighted by molar-refractivity contribution is 7.99. The van der Waals surface area contributed by atoms with Gasteiger partial charge in [0.25, 0.3) is 11.6 Å². The first-order valence-corrected chi connectivity index (χ1v) is 10.8. The molecule has 166 valence electrons. The molecule has 0 saturated carbocycles. The van der Waals surface area contributed by atoms with Crippen molar-refractivity contribution in [2.45, 2.75) is 18.1 Å². The van der Waals surface area contributed by atoms with Crippen molar-refractivity contribution in [3.8, 4) is 0 Å². The standard InChI is InChI=1S/C21H22N6O4S/c1-26-18(13-23-20(29)16-8-5-9-17(12-16)27(30)31)24-25-21(26)32-14-19(28)22-11-10-15-6-3-2-4-7-15/h2-9,12H,10-11,13-14H2,1H3,(H,22,28)(H,23,29). The van der Waals surface area contributed by atoms with Gasteiger partial charge in [-0.1, -0.05) is 48.2 Å². The maximum atomic E-state index is 12.3. The van der Waals surface area contributed by atoms with Crippen LogP contribution in [0.25, 0.3) is 0 Å². The smallest absolute Gasteiger partial charge is 0.270 e. The van der Waals surface area contributed by atoms with Crippen LogP contribution >= 0.6 is 11.8 Å².